The molecule has 100 valence electrons. The normalized spacial score (nSPS) is 10.5. The van der Waals surface area contributed by atoms with Crippen molar-refractivity contribution in [3.63, 3.8) is 0 Å². The van der Waals surface area contributed by atoms with E-state index in [0.717, 1.165) is 11.4 Å². The van der Waals surface area contributed by atoms with E-state index in [2.05, 4.69) is 4.98 Å². The van der Waals surface area contributed by atoms with E-state index in [1.54, 1.807) is 0 Å². The number of anilines is 2. The van der Waals surface area contributed by atoms with Gasteiger partial charge < -0.3 is 10.6 Å². The van der Waals surface area contributed by atoms with Crippen molar-refractivity contribution in [1.29, 1.82) is 0 Å². The van der Waals surface area contributed by atoms with Gasteiger partial charge in [-0.1, -0.05) is 17.7 Å². The topological polar surface area (TPSA) is 42.1 Å². The number of hydrogen-bond acceptors (Lipinski definition) is 3. The van der Waals surface area contributed by atoms with Crippen LogP contribution in [0.25, 0.3) is 0 Å². The van der Waals surface area contributed by atoms with Crippen LogP contribution in [0, 0.1) is 12.7 Å². The van der Waals surface area contributed by atoms with Crippen LogP contribution >= 0.6 is 11.6 Å². The predicted octanol–water partition coefficient (Wildman–Crippen LogP) is 3.40. The molecule has 19 heavy (non-hydrogen) atoms. The van der Waals surface area contributed by atoms with Crippen LogP contribution in [-0.4, -0.2) is 12.0 Å². The molecule has 0 aliphatic carbocycles. The fourth-order valence-corrected chi connectivity index (χ4v) is 2.07. The van der Waals surface area contributed by atoms with Crippen molar-refractivity contribution in [1.82, 2.24) is 4.98 Å². The van der Waals surface area contributed by atoms with E-state index in [-0.39, 0.29) is 5.02 Å². The second-order valence-corrected chi connectivity index (χ2v) is 4.86. The molecule has 2 N–H and O–H groups in total. The Labute approximate surface area is 116 Å². The van der Waals surface area contributed by atoms with E-state index in [4.69, 9.17) is 17.3 Å². The summed E-state index contributed by atoms with van der Waals surface area (Å²) in [5.74, 6) is -0.477. The standard InChI is InChI=1S/C14H15ClFN3/c1-9-4-3-5-10(18-9)8-19(2)14-7-12(16)11(15)6-13(14)17/h3-7H,8,17H2,1-2H3. The van der Waals surface area contributed by atoms with Crippen molar-refractivity contribution in [2.45, 2.75) is 13.5 Å². The summed E-state index contributed by atoms with van der Waals surface area (Å²) in [5, 5.41) is 0.0309. The van der Waals surface area contributed by atoms with Crippen molar-refractivity contribution in [2.75, 3.05) is 17.7 Å². The van der Waals surface area contributed by atoms with Crippen LogP contribution in [0.1, 0.15) is 11.4 Å². The van der Waals surface area contributed by atoms with E-state index >= 15 is 0 Å². The van der Waals surface area contributed by atoms with Gasteiger partial charge in [0.25, 0.3) is 0 Å². The Balaban J connectivity index is 2.25. The highest BCUT2D eigenvalue weighted by atomic mass is 35.5. The molecule has 1 aromatic carbocycles. The Morgan fingerprint density at radius 2 is 2.11 bits per heavy atom. The number of benzene rings is 1. The summed E-state index contributed by atoms with van der Waals surface area (Å²) in [6.07, 6.45) is 0. The van der Waals surface area contributed by atoms with E-state index < -0.39 is 5.82 Å². The van der Waals surface area contributed by atoms with Gasteiger partial charge in [-0.2, -0.15) is 0 Å². The molecule has 0 bridgehead atoms. The van der Waals surface area contributed by atoms with Crippen LogP contribution in [0.4, 0.5) is 15.8 Å². The third kappa shape index (κ3) is 3.15. The Morgan fingerprint density at radius 1 is 1.37 bits per heavy atom. The van der Waals surface area contributed by atoms with Gasteiger partial charge in [0.2, 0.25) is 0 Å². The molecule has 1 aromatic heterocycles. The largest absolute Gasteiger partial charge is 0.397 e. The van der Waals surface area contributed by atoms with Gasteiger partial charge in [0.05, 0.1) is 28.6 Å². The third-order valence-electron chi connectivity index (χ3n) is 2.83. The lowest BCUT2D eigenvalue weighted by atomic mass is 10.2. The summed E-state index contributed by atoms with van der Waals surface area (Å²) in [6.45, 7) is 2.48. The SMILES string of the molecule is Cc1cccc(CN(C)c2cc(F)c(Cl)cc2N)n1. The van der Waals surface area contributed by atoms with Crippen LogP contribution in [0.5, 0.6) is 0 Å². The lowest BCUT2D eigenvalue weighted by Gasteiger charge is -2.21. The van der Waals surface area contributed by atoms with Gasteiger partial charge in [-0.25, -0.2) is 4.39 Å². The van der Waals surface area contributed by atoms with Crippen molar-refractivity contribution < 1.29 is 4.39 Å². The van der Waals surface area contributed by atoms with Crippen molar-refractivity contribution in [3.8, 4) is 0 Å². The zero-order valence-electron chi connectivity index (χ0n) is 10.8. The van der Waals surface area contributed by atoms with Gasteiger partial charge in [0, 0.05) is 18.8 Å². The van der Waals surface area contributed by atoms with Crippen LogP contribution < -0.4 is 10.6 Å². The van der Waals surface area contributed by atoms with Gasteiger partial charge in [0.1, 0.15) is 5.82 Å². The highest BCUT2D eigenvalue weighted by molar-refractivity contribution is 6.31. The Bertz CT molecular complexity index is 601. The fourth-order valence-electron chi connectivity index (χ4n) is 1.90. The van der Waals surface area contributed by atoms with Gasteiger partial charge in [-0.15, -0.1) is 0 Å². The van der Waals surface area contributed by atoms with E-state index in [1.165, 1.54) is 12.1 Å². The zero-order chi connectivity index (χ0) is 14.0. The number of hydrogen-bond donors (Lipinski definition) is 1. The zero-order valence-corrected chi connectivity index (χ0v) is 11.6. The molecule has 0 spiro atoms. The van der Waals surface area contributed by atoms with Crippen LogP contribution in [0.15, 0.2) is 30.3 Å². The first-order valence-corrected chi connectivity index (χ1v) is 6.23. The van der Waals surface area contributed by atoms with Gasteiger partial charge in [-0.3, -0.25) is 4.98 Å². The average Bonchev–Trinajstić information content (AvgIpc) is 2.33. The van der Waals surface area contributed by atoms with Crippen molar-refractivity contribution in [2.24, 2.45) is 0 Å². The maximum atomic E-state index is 13.5. The maximum absolute atomic E-state index is 13.5. The Hall–Kier alpha value is -1.81. The number of aryl methyl sites for hydroxylation is 1. The van der Waals surface area contributed by atoms with Crippen molar-refractivity contribution >= 4 is 23.0 Å². The molecule has 0 fully saturated rings. The van der Waals surface area contributed by atoms with E-state index in [1.807, 2.05) is 37.1 Å². The predicted molar refractivity (Wildman–Crippen MR) is 76.9 cm³/mol. The molecule has 5 heteroatoms. The molecular formula is C14H15ClFN3. The second-order valence-electron chi connectivity index (χ2n) is 4.45. The molecule has 0 radical (unpaired) electrons. The molecule has 0 atom stereocenters. The molecule has 0 saturated carbocycles. The van der Waals surface area contributed by atoms with Crippen LogP contribution in [-0.2, 0) is 6.54 Å². The lowest BCUT2D eigenvalue weighted by Crippen LogP contribution is -2.19. The quantitative estimate of drug-likeness (QED) is 0.876. The first-order chi connectivity index (χ1) is 8.97. The maximum Gasteiger partial charge on any atom is 0.144 e. The molecule has 0 amide bonds. The first-order valence-electron chi connectivity index (χ1n) is 5.85. The Morgan fingerprint density at radius 3 is 2.79 bits per heavy atom. The smallest absolute Gasteiger partial charge is 0.144 e. The minimum absolute atomic E-state index is 0.0309. The molecule has 0 aliphatic rings. The summed E-state index contributed by atoms with van der Waals surface area (Å²) in [4.78, 5) is 6.25. The fraction of sp³-hybridized carbons (Fsp3) is 0.214. The molecule has 0 saturated heterocycles. The molecule has 0 aliphatic heterocycles. The highest BCUT2D eigenvalue weighted by Gasteiger charge is 2.11. The molecule has 2 rings (SSSR count). The van der Waals surface area contributed by atoms with Crippen molar-refractivity contribution in [3.05, 3.63) is 52.6 Å². The molecular weight excluding hydrogens is 265 g/mol. The van der Waals surface area contributed by atoms with E-state index in [0.29, 0.717) is 17.9 Å². The summed E-state index contributed by atoms with van der Waals surface area (Å²) < 4.78 is 13.5. The second kappa shape index (κ2) is 5.45. The van der Waals surface area contributed by atoms with Crippen LogP contribution in [0.2, 0.25) is 5.02 Å². The minimum atomic E-state index is -0.477. The van der Waals surface area contributed by atoms with Gasteiger partial charge in [-0.05, 0) is 25.1 Å². The summed E-state index contributed by atoms with van der Waals surface area (Å²) in [6, 6.07) is 8.56. The third-order valence-corrected chi connectivity index (χ3v) is 3.12. The number of pyridine rings is 1. The lowest BCUT2D eigenvalue weighted by molar-refractivity contribution is 0.627. The molecule has 2 aromatic rings. The molecule has 3 nitrogen and oxygen atoms in total. The first kappa shape index (κ1) is 13.6. The average molecular weight is 280 g/mol. The molecule has 0 unspecified atom stereocenters. The monoisotopic (exact) mass is 279 g/mol. The number of halogens is 2. The summed E-state index contributed by atoms with van der Waals surface area (Å²) in [5.41, 5.74) is 8.76. The molecule has 1 heterocycles. The van der Waals surface area contributed by atoms with E-state index in [9.17, 15) is 4.39 Å². The highest BCUT2D eigenvalue weighted by Crippen LogP contribution is 2.29. The van der Waals surface area contributed by atoms with Gasteiger partial charge in [0.15, 0.2) is 0 Å². The Kier molecular flexibility index (Phi) is 3.90. The minimum Gasteiger partial charge on any atom is -0.397 e. The van der Waals surface area contributed by atoms with Crippen LogP contribution in [0.3, 0.4) is 0 Å². The number of aromatic nitrogens is 1. The number of rotatable bonds is 3. The number of nitrogens with two attached hydrogens (primary N) is 1. The van der Waals surface area contributed by atoms with Gasteiger partial charge >= 0.3 is 0 Å². The number of nitrogen functional groups attached to an aromatic ring is 1. The number of nitrogens with zero attached hydrogens (tertiary/aromatic N) is 2. The summed E-state index contributed by atoms with van der Waals surface area (Å²) in [7, 11) is 1.84. The summed E-state index contributed by atoms with van der Waals surface area (Å²) >= 11 is 5.69.